The maximum absolute atomic E-state index is 5.74. The van der Waals surface area contributed by atoms with Gasteiger partial charge in [0.2, 0.25) is 0 Å². The van der Waals surface area contributed by atoms with Crippen LogP contribution in [0.3, 0.4) is 0 Å². The van der Waals surface area contributed by atoms with E-state index in [2.05, 4.69) is 19.2 Å². The Bertz CT molecular complexity index is 367. The summed E-state index contributed by atoms with van der Waals surface area (Å²) in [5.41, 5.74) is 6.74. The van der Waals surface area contributed by atoms with Gasteiger partial charge in [0.1, 0.15) is 0 Å². The van der Waals surface area contributed by atoms with Crippen molar-refractivity contribution in [2.24, 2.45) is 5.73 Å². The SMILES string of the molecule is CCCOc1ccc(NCC(C)N)cc1OCCC. The van der Waals surface area contributed by atoms with E-state index in [4.69, 9.17) is 15.2 Å². The molecule has 0 aromatic heterocycles. The second kappa shape index (κ2) is 8.64. The number of nitrogens with two attached hydrogens (primary N) is 1. The van der Waals surface area contributed by atoms with Crippen LogP contribution in [0.4, 0.5) is 5.69 Å². The van der Waals surface area contributed by atoms with Crippen LogP contribution >= 0.6 is 0 Å². The number of hydrogen-bond acceptors (Lipinski definition) is 4. The molecule has 4 nitrogen and oxygen atoms in total. The maximum Gasteiger partial charge on any atom is 0.163 e. The Labute approximate surface area is 116 Å². The van der Waals surface area contributed by atoms with E-state index in [1.165, 1.54) is 0 Å². The third kappa shape index (κ3) is 5.83. The smallest absolute Gasteiger partial charge is 0.163 e. The molecular weight excluding hydrogens is 240 g/mol. The van der Waals surface area contributed by atoms with E-state index in [-0.39, 0.29) is 6.04 Å². The van der Waals surface area contributed by atoms with Crippen LogP contribution < -0.4 is 20.5 Å². The minimum atomic E-state index is 0.121. The van der Waals surface area contributed by atoms with E-state index < -0.39 is 0 Å². The Hall–Kier alpha value is -1.42. The number of benzene rings is 1. The van der Waals surface area contributed by atoms with Crippen LogP contribution in [0.25, 0.3) is 0 Å². The molecule has 1 aromatic carbocycles. The Morgan fingerprint density at radius 1 is 1.11 bits per heavy atom. The van der Waals surface area contributed by atoms with Crippen molar-refractivity contribution in [3.63, 3.8) is 0 Å². The number of anilines is 1. The van der Waals surface area contributed by atoms with Crippen molar-refractivity contribution in [3.05, 3.63) is 18.2 Å². The summed E-state index contributed by atoms with van der Waals surface area (Å²) >= 11 is 0. The first-order valence-corrected chi connectivity index (χ1v) is 7.06. The van der Waals surface area contributed by atoms with Crippen LogP contribution in [-0.2, 0) is 0 Å². The molecule has 0 amide bonds. The van der Waals surface area contributed by atoms with Gasteiger partial charge < -0.3 is 20.5 Å². The van der Waals surface area contributed by atoms with Gasteiger partial charge in [0.25, 0.3) is 0 Å². The quantitative estimate of drug-likeness (QED) is 0.721. The highest BCUT2D eigenvalue weighted by molar-refractivity contribution is 5.54. The molecule has 0 saturated carbocycles. The molecule has 1 aromatic rings. The summed E-state index contributed by atoms with van der Waals surface area (Å²) in [4.78, 5) is 0. The summed E-state index contributed by atoms with van der Waals surface area (Å²) in [6.45, 7) is 8.28. The summed E-state index contributed by atoms with van der Waals surface area (Å²) < 4.78 is 11.4. The first-order chi connectivity index (χ1) is 9.17. The average Bonchev–Trinajstić information content (AvgIpc) is 2.41. The van der Waals surface area contributed by atoms with Crippen LogP contribution in [0.15, 0.2) is 18.2 Å². The molecule has 19 heavy (non-hydrogen) atoms. The molecule has 0 aliphatic heterocycles. The lowest BCUT2D eigenvalue weighted by molar-refractivity contribution is 0.268. The van der Waals surface area contributed by atoms with Crippen molar-refractivity contribution in [2.75, 3.05) is 25.1 Å². The van der Waals surface area contributed by atoms with Gasteiger partial charge in [-0.15, -0.1) is 0 Å². The van der Waals surface area contributed by atoms with Gasteiger partial charge in [-0.1, -0.05) is 13.8 Å². The Morgan fingerprint density at radius 2 is 1.74 bits per heavy atom. The number of ether oxygens (including phenoxy) is 2. The molecule has 0 fully saturated rings. The maximum atomic E-state index is 5.74. The molecular formula is C15H26N2O2. The zero-order valence-corrected chi connectivity index (χ0v) is 12.2. The van der Waals surface area contributed by atoms with E-state index in [1.807, 2.05) is 25.1 Å². The van der Waals surface area contributed by atoms with Gasteiger partial charge in [0.15, 0.2) is 11.5 Å². The third-order valence-electron chi connectivity index (χ3n) is 2.50. The molecule has 4 heteroatoms. The number of rotatable bonds is 9. The molecule has 0 heterocycles. The molecule has 0 saturated heterocycles. The van der Waals surface area contributed by atoms with Crippen LogP contribution in [-0.4, -0.2) is 25.8 Å². The molecule has 0 bridgehead atoms. The lowest BCUT2D eigenvalue weighted by atomic mass is 10.2. The lowest BCUT2D eigenvalue weighted by Gasteiger charge is -2.15. The van der Waals surface area contributed by atoms with Gasteiger partial charge in [-0.05, 0) is 31.9 Å². The predicted octanol–water partition coefficient (Wildman–Crippen LogP) is 3.02. The van der Waals surface area contributed by atoms with E-state index >= 15 is 0 Å². The van der Waals surface area contributed by atoms with Crippen LogP contribution in [0.1, 0.15) is 33.6 Å². The van der Waals surface area contributed by atoms with Crippen LogP contribution in [0.5, 0.6) is 11.5 Å². The molecule has 0 radical (unpaired) electrons. The van der Waals surface area contributed by atoms with Crippen LogP contribution in [0.2, 0.25) is 0 Å². The molecule has 0 aliphatic rings. The molecule has 1 unspecified atom stereocenters. The van der Waals surface area contributed by atoms with Gasteiger partial charge in [-0.25, -0.2) is 0 Å². The summed E-state index contributed by atoms with van der Waals surface area (Å²) in [5, 5.41) is 3.28. The first kappa shape index (κ1) is 15.6. The predicted molar refractivity (Wildman–Crippen MR) is 80.2 cm³/mol. The standard InChI is InChI=1S/C15H26N2O2/c1-4-8-18-14-7-6-13(17-11-12(3)16)10-15(14)19-9-5-2/h6-7,10,12,17H,4-5,8-9,11,16H2,1-3H3. The Kier molecular flexibility index (Phi) is 7.11. The topological polar surface area (TPSA) is 56.5 Å². The fourth-order valence-corrected chi connectivity index (χ4v) is 1.55. The first-order valence-electron chi connectivity index (χ1n) is 7.06. The van der Waals surface area contributed by atoms with Crippen molar-refractivity contribution in [3.8, 4) is 11.5 Å². The molecule has 0 spiro atoms. The van der Waals surface area contributed by atoms with Crippen molar-refractivity contribution in [1.82, 2.24) is 0 Å². The minimum absolute atomic E-state index is 0.121. The Balaban J connectivity index is 2.75. The number of nitrogens with one attached hydrogen (secondary N) is 1. The lowest BCUT2D eigenvalue weighted by Crippen LogP contribution is -2.25. The molecule has 1 atom stereocenters. The Morgan fingerprint density at radius 3 is 2.32 bits per heavy atom. The summed E-state index contributed by atoms with van der Waals surface area (Å²) in [6.07, 6.45) is 1.96. The second-order valence-corrected chi connectivity index (χ2v) is 4.72. The second-order valence-electron chi connectivity index (χ2n) is 4.72. The average molecular weight is 266 g/mol. The number of hydrogen-bond donors (Lipinski definition) is 2. The normalized spacial score (nSPS) is 12.0. The summed E-state index contributed by atoms with van der Waals surface area (Å²) in [5.74, 6) is 1.60. The minimum Gasteiger partial charge on any atom is -0.490 e. The molecule has 108 valence electrons. The fourth-order valence-electron chi connectivity index (χ4n) is 1.55. The van der Waals surface area contributed by atoms with Gasteiger partial charge in [-0.2, -0.15) is 0 Å². The van der Waals surface area contributed by atoms with E-state index in [0.29, 0.717) is 13.2 Å². The van der Waals surface area contributed by atoms with Crippen LogP contribution in [0, 0.1) is 0 Å². The van der Waals surface area contributed by atoms with Crippen molar-refractivity contribution < 1.29 is 9.47 Å². The molecule has 0 aliphatic carbocycles. The highest BCUT2D eigenvalue weighted by Crippen LogP contribution is 2.30. The monoisotopic (exact) mass is 266 g/mol. The van der Waals surface area contributed by atoms with E-state index in [1.54, 1.807) is 0 Å². The van der Waals surface area contributed by atoms with E-state index in [0.717, 1.165) is 36.6 Å². The van der Waals surface area contributed by atoms with Gasteiger partial charge >= 0.3 is 0 Å². The molecule has 1 rings (SSSR count). The highest BCUT2D eigenvalue weighted by Gasteiger charge is 2.07. The highest BCUT2D eigenvalue weighted by atomic mass is 16.5. The van der Waals surface area contributed by atoms with E-state index in [9.17, 15) is 0 Å². The zero-order chi connectivity index (χ0) is 14.1. The van der Waals surface area contributed by atoms with Gasteiger partial charge in [-0.3, -0.25) is 0 Å². The fraction of sp³-hybridized carbons (Fsp3) is 0.600. The van der Waals surface area contributed by atoms with Crippen molar-refractivity contribution >= 4 is 5.69 Å². The molecule has 3 N–H and O–H groups in total. The third-order valence-corrected chi connectivity index (χ3v) is 2.50. The largest absolute Gasteiger partial charge is 0.490 e. The zero-order valence-electron chi connectivity index (χ0n) is 12.2. The summed E-state index contributed by atoms with van der Waals surface area (Å²) in [6, 6.07) is 6.04. The van der Waals surface area contributed by atoms with Gasteiger partial charge in [0, 0.05) is 24.3 Å². The summed E-state index contributed by atoms with van der Waals surface area (Å²) in [7, 11) is 0. The van der Waals surface area contributed by atoms with Crippen molar-refractivity contribution in [1.29, 1.82) is 0 Å². The van der Waals surface area contributed by atoms with Gasteiger partial charge in [0.05, 0.1) is 13.2 Å². The van der Waals surface area contributed by atoms with Crippen molar-refractivity contribution in [2.45, 2.75) is 39.7 Å².